The van der Waals surface area contributed by atoms with Gasteiger partial charge < -0.3 is 16.2 Å². The Morgan fingerprint density at radius 3 is 2.42 bits per heavy atom. The van der Waals surface area contributed by atoms with Crippen molar-refractivity contribution in [3.8, 4) is 0 Å². The number of hydrogen-bond donors (Lipinski definition) is 3. The second-order valence-electron chi connectivity index (χ2n) is 8.57. The average Bonchev–Trinajstić information content (AvgIpc) is 3.49. The third-order valence-electron chi connectivity index (χ3n) is 5.90. The second kappa shape index (κ2) is 9.45. The van der Waals surface area contributed by atoms with E-state index in [9.17, 15) is 9.90 Å². The summed E-state index contributed by atoms with van der Waals surface area (Å²) in [6, 6.07) is 11.9. The molecule has 36 heavy (non-hydrogen) atoms. The molecule has 5 rings (SSSR count). The summed E-state index contributed by atoms with van der Waals surface area (Å²) < 4.78 is 3.60. The van der Waals surface area contributed by atoms with Gasteiger partial charge in [0.2, 0.25) is 5.82 Å². The van der Waals surface area contributed by atoms with Crippen LogP contribution in [0.1, 0.15) is 38.6 Å². The smallest absolute Gasteiger partial charge is 0.374 e. The fourth-order valence-electron chi connectivity index (χ4n) is 4.11. The molecule has 5 aromatic rings. The van der Waals surface area contributed by atoms with E-state index in [2.05, 4.69) is 42.6 Å². The maximum atomic E-state index is 11.6. The molecule has 182 valence electrons. The molecule has 0 aliphatic heterocycles. The zero-order valence-corrected chi connectivity index (χ0v) is 19.9. The minimum Gasteiger partial charge on any atom is -0.475 e. The summed E-state index contributed by atoms with van der Waals surface area (Å²) in [5.74, 6) is -0.679. The number of fused-ring (bicyclic) bond motifs is 1. The first-order valence-corrected chi connectivity index (χ1v) is 11.4. The topological polar surface area (TPSA) is 150 Å². The molecule has 0 aliphatic carbocycles. The van der Waals surface area contributed by atoms with Gasteiger partial charge in [-0.05, 0) is 48.2 Å². The highest BCUT2D eigenvalue weighted by atomic mass is 16.4. The highest BCUT2D eigenvalue weighted by Gasteiger charge is 2.17. The van der Waals surface area contributed by atoms with Crippen LogP contribution in [0.2, 0.25) is 0 Å². The van der Waals surface area contributed by atoms with Crippen molar-refractivity contribution in [1.29, 1.82) is 0 Å². The summed E-state index contributed by atoms with van der Waals surface area (Å²) in [7, 11) is 0. The van der Waals surface area contributed by atoms with Gasteiger partial charge in [-0.2, -0.15) is 15.2 Å². The number of aryl methyl sites for hydroxylation is 2. The van der Waals surface area contributed by atoms with E-state index in [1.165, 1.54) is 0 Å². The third-order valence-corrected chi connectivity index (χ3v) is 5.90. The molecular formula is C25H25N9O2. The van der Waals surface area contributed by atoms with E-state index < -0.39 is 5.97 Å². The summed E-state index contributed by atoms with van der Waals surface area (Å²) in [4.78, 5) is 24.3. The Balaban J connectivity index is 1.40. The van der Waals surface area contributed by atoms with E-state index in [4.69, 9.17) is 5.73 Å². The monoisotopic (exact) mass is 483 g/mol. The molecule has 11 nitrogen and oxygen atoms in total. The number of nitrogens with two attached hydrogens (primary N) is 1. The quantitative estimate of drug-likeness (QED) is 0.303. The Bertz CT molecular complexity index is 1520. The van der Waals surface area contributed by atoms with Crippen LogP contribution in [-0.2, 0) is 19.6 Å². The van der Waals surface area contributed by atoms with Crippen LogP contribution < -0.4 is 11.1 Å². The second-order valence-corrected chi connectivity index (χ2v) is 8.57. The van der Waals surface area contributed by atoms with Crippen molar-refractivity contribution in [2.75, 3.05) is 11.1 Å². The van der Waals surface area contributed by atoms with Gasteiger partial charge in [-0.15, -0.1) is 0 Å². The van der Waals surface area contributed by atoms with E-state index in [-0.39, 0.29) is 5.82 Å². The number of nitrogen functional groups attached to an aromatic ring is 1. The molecule has 4 aromatic heterocycles. The molecule has 0 spiro atoms. The maximum Gasteiger partial charge on any atom is 0.374 e. The number of pyridine rings is 1. The molecule has 0 fully saturated rings. The van der Waals surface area contributed by atoms with E-state index in [1.807, 2.05) is 49.1 Å². The molecule has 0 saturated carbocycles. The molecule has 0 radical (unpaired) electrons. The Morgan fingerprint density at radius 1 is 1.06 bits per heavy atom. The van der Waals surface area contributed by atoms with Gasteiger partial charge >= 0.3 is 5.97 Å². The van der Waals surface area contributed by atoms with Gasteiger partial charge in [0.15, 0.2) is 5.65 Å². The number of aromatic carboxylic acids is 1. The first kappa shape index (κ1) is 23.0. The summed E-state index contributed by atoms with van der Waals surface area (Å²) in [5, 5.41) is 22.1. The number of carboxylic acid groups (broad SMARTS) is 1. The Morgan fingerprint density at radius 2 is 1.78 bits per heavy atom. The number of nitrogens with zero attached hydrogens (tertiary/aromatic N) is 7. The molecule has 0 amide bonds. The molecule has 4 heterocycles. The van der Waals surface area contributed by atoms with Gasteiger partial charge in [-0.1, -0.05) is 24.3 Å². The summed E-state index contributed by atoms with van der Waals surface area (Å²) in [5.41, 5.74) is 11.1. The van der Waals surface area contributed by atoms with Gasteiger partial charge in [0, 0.05) is 30.8 Å². The molecule has 0 atom stereocenters. The van der Waals surface area contributed by atoms with Crippen LogP contribution >= 0.6 is 0 Å². The Labute approximate surface area is 206 Å². The van der Waals surface area contributed by atoms with Crippen molar-refractivity contribution >= 4 is 28.6 Å². The van der Waals surface area contributed by atoms with Crippen LogP contribution in [-0.4, -0.2) is 45.6 Å². The summed E-state index contributed by atoms with van der Waals surface area (Å²) >= 11 is 0. The number of carboxylic acids is 1. The lowest BCUT2D eigenvalue weighted by Gasteiger charge is -2.12. The number of nitrogens with one attached hydrogen (secondary N) is 1. The number of hydrogen-bond acceptors (Lipinski definition) is 8. The molecule has 11 heteroatoms. The number of benzene rings is 1. The highest BCUT2D eigenvalue weighted by molar-refractivity contribution is 5.91. The van der Waals surface area contributed by atoms with Crippen LogP contribution in [0.5, 0.6) is 0 Å². The van der Waals surface area contributed by atoms with Gasteiger partial charge in [-0.3, -0.25) is 9.36 Å². The van der Waals surface area contributed by atoms with E-state index >= 15 is 0 Å². The van der Waals surface area contributed by atoms with Crippen LogP contribution in [0, 0.1) is 13.8 Å². The standard InChI is InChI=1S/C25H25N9O2/c1-15-10-21(26)29-16(2)19(15)11-27-22-20-14-34(32-23(20)31-24(30-22)25(35)36)13-18-6-4-17(5-7-18)12-33-9-3-8-28-33/h3-10,14H,11-13H2,1-2H3,(H2,26,29)(H,35,36)(H,27,30,31,32). The Kier molecular flexibility index (Phi) is 6.03. The lowest BCUT2D eigenvalue weighted by molar-refractivity contribution is 0.0684. The molecule has 1 aromatic carbocycles. The maximum absolute atomic E-state index is 11.6. The van der Waals surface area contributed by atoms with Crippen LogP contribution in [0.3, 0.4) is 0 Å². The normalized spacial score (nSPS) is 11.2. The molecule has 0 unspecified atom stereocenters. The van der Waals surface area contributed by atoms with Gasteiger partial charge in [-0.25, -0.2) is 14.8 Å². The number of anilines is 2. The fourth-order valence-corrected chi connectivity index (χ4v) is 4.11. The van der Waals surface area contributed by atoms with Crippen LogP contribution in [0.25, 0.3) is 11.0 Å². The SMILES string of the molecule is Cc1cc(N)nc(C)c1CNc1nc(C(=O)O)nc2nn(Cc3ccc(Cn4cccn4)cc3)cc12. The number of aromatic nitrogens is 7. The number of carbonyl (C=O) groups is 1. The van der Waals surface area contributed by atoms with Crippen LogP contribution in [0.4, 0.5) is 11.6 Å². The number of rotatable bonds is 8. The van der Waals surface area contributed by atoms with Gasteiger partial charge in [0.25, 0.3) is 0 Å². The lowest BCUT2D eigenvalue weighted by Crippen LogP contribution is -2.11. The van der Waals surface area contributed by atoms with E-state index in [1.54, 1.807) is 16.9 Å². The van der Waals surface area contributed by atoms with Gasteiger partial charge in [0.1, 0.15) is 11.6 Å². The van der Waals surface area contributed by atoms with Crippen molar-refractivity contribution in [3.05, 3.63) is 88.8 Å². The van der Waals surface area contributed by atoms with Crippen molar-refractivity contribution in [1.82, 2.24) is 34.5 Å². The fraction of sp³-hybridized carbons (Fsp3) is 0.200. The van der Waals surface area contributed by atoms with E-state index in [0.29, 0.717) is 42.3 Å². The summed E-state index contributed by atoms with van der Waals surface area (Å²) in [6.07, 6.45) is 5.50. The highest BCUT2D eigenvalue weighted by Crippen LogP contribution is 2.23. The largest absolute Gasteiger partial charge is 0.475 e. The van der Waals surface area contributed by atoms with Crippen molar-refractivity contribution in [2.24, 2.45) is 0 Å². The van der Waals surface area contributed by atoms with Crippen molar-refractivity contribution in [3.63, 3.8) is 0 Å². The molecule has 0 aliphatic rings. The average molecular weight is 484 g/mol. The Hall–Kier alpha value is -4.80. The van der Waals surface area contributed by atoms with Crippen LogP contribution in [0.15, 0.2) is 55.0 Å². The first-order chi connectivity index (χ1) is 17.4. The minimum atomic E-state index is -1.22. The first-order valence-electron chi connectivity index (χ1n) is 11.4. The zero-order valence-electron chi connectivity index (χ0n) is 19.9. The predicted octanol–water partition coefficient (Wildman–Crippen LogP) is 3.02. The molecule has 0 saturated heterocycles. The van der Waals surface area contributed by atoms with Crippen molar-refractivity contribution < 1.29 is 9.90 Å². The van der Waals surface area contributed by atoms with E-state index in [0.717, 1.165) is 27.9 Å². The molecule has 4 N–H and O–H groups in total. The molecular weight excluding hydrogens is 458 g/mol. The predicted molar refractivity (Wildman–Crippen MR) is 135 cm³/mol. The zero-order chi connectivity index (χ0) is 25.2. The van der Waals surface area contributed by atoms with Gasteiger partial charge in [0.05, 0.1) is 18.5 Å². The third kappa shape index (κ3) is 4.85. The molecule has 0 bridgehead atoms. The van der Waals surface area contributed by atoms with Crippen molar-refractivity contribution in [2.45, 2.75) is 33.5 Å². The lowest BCUT2D eigenvalue weighted by atomic mass is 10.1. The summed E-state index contributed by atoms with van der Waals surface area (Å²) in [6.45, 7) is 5.44. The minimum absolute atomic E-state index is 0.309.